The summed E-state index contributed by atoms with van der Waals surface area (Å²) >= 11 is 1.36. The summed E-state index contributed by atoms with van der Waals surface area (Å²) in [6.07, 6.45) is 1.85. The summed E-state index contributed by atoms with van der Waals surface area (Å²) in [5.74, 6) is 1.95. The van der Waals surface area contributed by atoms with Gasteiger partial charge in [-0.2, -0.15) is 5.26 Å². The molecule has 0 aliphatic heterocycles. The lowest BCUT2D eigenvalue weighted by molar-refractivity contribution is -0.115. The van der Waals surface area contributed by atoms with Crippen molar-refractivity contribution in [1.29, 1.82) is 5.26 Å². The first kappa shape index (κ1) is 20.5. The van der Waals surface area contributed by atoms with Crippen molar-refractivity contribution in [1.82, 2.24) is 14.5 Å². The molecule has 0 spiro atoms. The monoisotopic (exact) mass is 410 g/mol. The molecule has 3 rings (SSSR count). The number of nitrogens with zero attached hydrogens (tertiary/aromatic N) is 4. The summed E-state index contributed by atoms with van der Waals surface area (Å²) < 4.78 is 7.32. The topological polar surface area (TPSA) is 123 Å². The SMILES string of the molecule is Cc1cc(N)nc(SCCC(=O)Nc2c(C#N)c(C)c(C)n2Cc2ccco2)n1. The molecule has 150 valence electrons. The van der Waals surface area contributed by atoms with Gasteiger partial charge in [0.1, 0.15) is 23.5 Å². The third-order valence-corrected chi connectivity index (χ3v) is 5.36. The van der Waals surface area contributed by atoms with E-state index in [-0.39, 0.29) is 12.3 Å². The van der Waals surface area contributed by atoms with Crippen molar-refractivity contribution in [2.45, 2.75) is 38.9 Å². The molecule has 9 heteroatoms. The smallest absolute Gasteiger partial charge is 0.226 e. The molecule has 0 aliphatic rings. The van der Waals surface area contributed by atoms with Gasteiger partial charge >= 0.3 is 0 Å². The first-order valence-electron chi connectivity index (χ1n) is 9.05. The lowest BCUT2D eigenvalue weighted by Crippen LogP contribution is -2.17. The third kappa shape index (κ3) is 4.78. The fourth-order valence-corrected chi connectivity index (χ4v) is 3.79. The van der Waals surface area contributed by atoms with E-state index in [4.69, 9.17) is 10.2 Å². The maximum absolute atomic E-state index is 12.5. The Morgan fingerprint density at radius 1 is 1.38 bits per heavy atom. The molecule has 0 saturated heterocycles. The van der Waals surface area contributed by atoms with Crippen molar-refractivity contribution in [3.63, 3.8) is 0 Å². The maximum Gasteiger partial charge on any atom is 0.226 e. The average Bonchev–Trinajstić information content (AvgIpc) is 3.24. The van der Waals surface area contributed by atoms with E-state index in [0.717, 1.165) is 22.7 Å². The van der Waals surface area contributed by atoms with Crippen molar-refractivity contribution >= 4 is 29.3 Å². The van der Waals surface area contributed by atoms with Crippen LogP contribution < -0.4 is 11.1 Å². The number of nitrogens with two attached hydrogens (primary N) is 1. The van der Waals surface area contributed by atoms with Gasteiger partial charge in [0.2, 0.25) is 5.91 Å². The largest absolute Gasteiger partial charge is 0.467 e. The Kier molecular flexibility index (Phi) is 6.24. The van der Waals surface area contributed by atoms with Crippen molar-refractivity contribution in [2.24, 2.45) is 0 Å². The highest BCUT2D eigenvalue weighted by Crippen LogP contribution is 2.28. The number of nitrogens with one attached hydrogen (secondary N) is 1. The number of amides is 1. The molecular weight excluding hydrogens is 388 g/mol. The lowest BCUT2D eigenvalue weighted by Gasteiger charge is -2.12. The van der Waals surface area contributed by atoms with E-state index in [1.165, 1.54) is 11.8 Å². The van der Waals surface area contributed by atoms with Crippen LogP contribution in [0.3, 0.4) is 0 Å². The van der Waals surface area contributed by atoms with E-state index in [2.05, 4.69) is 21.4 Å². The van der Waals surface area contributed by atoms with Gasteiger partial charge in [-0.1, -0.05) is 11.8 Å². The van der Waals surface area contributed by atoms with Gasteiger partial charge in [0.25, 0.3) is 0 Å². The highest BCUT2D eigenvalue weighted by molar-refractivity contribution is 7.99. The predicted molar refractivity (Wildman–Crippen MR) is 112 cm³/mol. The van der Waals surface area contributed by atoms with Crippen molar-refractivity contribution in [3.05, 3.63) is 52.7 Å². The summed E-state index contributed by atoms with van der Waals surface area (Å²) in [4.78, 5) is 21.0. The molecule has 0 fully saturated rings. The molecule has 3 aromatic rings. The van der Waals surface area contributed by atoms with E-state index in [1.807, 2.05) is 37.5 Å². The number of nitriles is 1. The number of aryl methyl sites for hydroxylation is 1. The van der Waals surface area contributed by atoms with E-state index in [1.54, 1.807) is 12.3 Å². The van der Waals surface area contributed by atoms with E-state index >= 15 is 0 Å². The van der Waals surface area contributed by atoms with Crippen LogP contribution in [-0.4, -0.2) is 26.2 Å². The van der Waals surface area contributed by atoms with Gasteiger partial charge in [-0.15, -0.1) is 0 Å². The van der Waals surface area contributed by atoms with Crippen LogP contribution in [0.2, 0.25) is 0 Å². The second-order valence-corrected chi connectivity index (χ2v) is 7.64. The van der Waals surface area contributed by atoms with Crippen LogP contribution in [0, 0.1) is 32.1 Å². The number of carbonyl (C=O) groups is 1. The molecule has 3 N–H and O–H groups in total. The normalized spacial score (nSPS) is 10.7. The number of thioether (sulfide) groups is 1. The minimum atomic E-state index is -0.187. The summed E-state index contributed by atoms with van der Waals surface area (Å²) in [5, 5.41) is 13.0. The Morgan fingerprint density at radius 2 is 2.17 bits per heavy atom. The van der Waals surface area contributed by atoms with Gasteiger partial charge in [0, 0.05) is 29.6 Å². The van der Waals surface area contributed by atoms with Crippen molar-refractivity contribution < 1.29 is 9.21 Å². The minimum Gasteiger partial charge on any atom is -0.467 e. The molecule has 0 bridgehead atoms. The Morgan fingerprint density at radius 3 is 2.83 bits per heavy atom. The Bertz CT molecular complexity index is 1050. The zero-order valence-corrected chi connectivity index (χ0v) is 17.3. The van der Waals surface area contributed by atoms with Crippen LogP contribution in [0.5, 0.6) is 0 Å². The van der Waals surface area contributed by atoms with Crippen LogP contribution >= 0.6 is 11.8 Å². The number of furan rings is 1. The molecule has 3 aromatic heterocycles. The summed E-state index contributed by atoms with van der Waals surface area (Å²) in [7, 11) is 0. The first-order chi connectivity index (χ1) is 13.9. The molecule has 29 heavy (non-hydrogen) atoms. The summed E-state index contributed by atoms with van der Waals surface area (Å²) in [6.45, 7) is 6.07. The molecule has 0 atom stereocenters. The van der Waals surface area contributed by atoms with E-state index < -0.39 is 0 Å². The molecule has 0 aliphatic carbocycles. The van der Waals surface area contributed by atoms with Gasteiger partial charge in [-0.05, 0) is 38.5 Å². The van der Waals surface area contributed by atoms with Crippen LogP contribution in [-0.2, 0) is 11.3 Å². The summed E-state index contributed by atoms with van der Waals surface area (Å²) in [5.41, 5.74) is 8.72. The molecule has 0 saturated carbocycles. The first-order valence-corrected chi connectivity index (χ1v) is 10.0. The average molecular weight is 411 g/mol. The third-order valence-electron chi connectivity index (χ3n) is 4.51. The Balaban J connectivity index is 1.70. The predicted octanol–water partition coefficient (Wildman–Crippen LogP) is 3.42. The molecule has 8 nitrogen and oxygen atoms in total. The second kappa shape index (κ2) is 8.84. The van der Waals surface area contributed by atoms with Crippen LogP contribution in [0.25, 0.3) is 0 Å². The molecule has 0 unspecified atom stereocenters. The molecule has 1 amide bonds. The quantitative estimate of drug-likeness (QED) is 0.452. The second-order valence-electron chi connectivity index (χ2n) is 6.57. The van der Waals surface area contributed by atoms with Crippen molar-refractivity contribution in [2.75, 3.05) is 16.8 Å². The number of carbonyl (C=O) groups excluding carboxylic acids is 1. The number of nitrogen functional groups attached to an aromatic ring is 1. The number of hydrogen-bond acceptors (Lipinski definition) is 7. The van der Waals surface area contributed by atoms with Gasteiger partial charge in [-0.25, -0.2) is 9.97 Å². The number of anilines is 2. The number of aromatic nitrogens is 3. The van der Waals surface area contributed by atoms with Gasteiger partial charge in [0.15, 0.2) is 5.16 Å². The van der Waals surface area contributed by atoms with E-state index in [0.29, 0.717) is 34.7 Å². The maximum atomic E-state index is 12.5. The highest BCUT2D eigenvalue weighted by Gasteiger charge is 2.20. The zero-order chi connectivity index (χ0) is 21.0. The minimum absolute atomic E-state index is 0.187. The van der Waals surface area contributed by atoms with Crippen LogP contribution in [0.1, 0.15) is 34.7 Å². The Labute approximate surface area is 173 Å². The summed E-state index contributed by atoms with van der Waals surface area (Å²) in [6, 6.07) is 7.56. The van der Waals surface area contributed by atoms with Crippen molar-refractivity contribution in [3.8, 4) is 6.07 Å². The van der Waals surface area contributed by atoms with Gasteiger partial charge in [-0.3, -0.25) is 4.79 Å². The van der Waals surface area contributed by atoms with Crippen LogP contribution in [0.4, 0.5) is 11.6 Å². The van der Waals surface area contributed by atoms with E-state index in [9.17, 15) is 10.1 Å². The number of rotatable bonds is 7. The standard InChI is InChI=1S/C20H22N6O2S/c1-12-9-17(22)24-20(23-12)29-8-6-18(27)25-19-16(10-21)13(2)14(3)26(19)11-15-5-4-7-28-15/h4-5,7,9H,6,8,11H2,1-3H3,(H,25,27)(H2,22,23,24). The number of hydrogen-bond donors (Lipinski definition) is 2. The molecule has 0 aromatic carbocycles. The highest BCUT2D eigenvalue weighted by atomic mass is 32.2. The lowest BCUT2D eigenvalue weighted by atomic mass is 10.2. The van der Waals surface area contributed by atoms with Crippen LogP contribution in [0.15, 0.2) is 34.0 Å². The molecule has 3 heterocycles. The zero-order valence-electron chi connectivity index (χ0n) is 16.5. The fraction of sp³-hybridized carbons (Fsp3) is 0.300. The van der Waals surface area contributed by atoms with Gasteiger partial charge in [0.05, 0.1) is 18.4 Å². The Hall–Kier alpha value is -3.25. The fourth-order valence-electron chi connectivity index (χ4n) is 2.95. The molecule has 0 radical (unpaired) electrons. The molecular formula is C20H22N6O2S. The van der Waals surface area contributed by atoms with Gasteiger partial charge < -0.3 is 20.0 Å².